The number of rotatable bonds is 11. The third-order valence-electron chi connectivity index (χ3n) is 8.57. The van der Waals surface area contributed by atoms with Crippen LogP contribution in [0.15, 0.2) is 47.0 Å². The second-order valence-electron chi connectivity index (χ2n) is 14.4. The van der Waals surface area contributed by atoms with E-state index in [1.807, 2.05) is 51.1 Å². The summed E-state index contributed by atoms with van der Waals surface area (Å²) in [7, 11) is 0. The molecule has 0 unspecified atom stereocenters. The first-order valence-electron chi connectivity index (χ1n) is 16.5. The molecule has 0 bridgehead atoms. The molecule has 0 spiro atoms. The Morgan fingerprint density at radius 3 is 2.22 bits per heavy atom. The predicted octanol–water partition coefficient (Wildman–Crippen LogP) is 7.54. The summed E-state index contributed by atoms with van der Waals surface area (Å²) in [4.78, 5) is 21.7. The molecule has 3 N–H and O–H groups in total. The van der Waals surface area contributed by atoms with Crippen molar-refractivity contribution in [1.29, 1.82) is 0 Å². The number of nitrogens with two attached hydrogens (primary N) is 1. The summed E-state index contributed by atoms with van der Waals surface area (Å²) in [6.07, 6.45) is 6.67. The quantitative estimate of drug-likeness (QED) is 0.222. The van der Waals surface area contributed by atoms with E-state index in [0.717, 1.165) is 67.2 Å². The van der Waals surface area contributed by atoms with E-state index in [-0.39, 0.29) is 5.54 Å². The minimum absolute atomic E-state index is 0. The van der Waals surface area contributed by atoms with Crippen molar-refractivity contribution in [1.82, 2.24) is 19.9 Å². The normalized spacial score (nSPS) is 17.3. The molecule has 2 aliphatic heterocycles. The number of aliphatic carboxylic acids is 1. The zero-order valence-corrected chi connectivity index (χ0v) is 28.6. The zero-order valence-electron chi connectivity index (χ0n) is 27.8. The first kappa shape index (κ1) is 35.1. The van der Waals surface area contributed by atoms with E-state index in [0.29, 0.717) is 30.5 Å². The number of likely N-dealkylation sites (tertiary alicyclic amines) is 2. The van der Waals surface area contributed by atoms with E-state index >= 15 is 0 Å². The van der Waals surface area contributed by atoms with Gasteiger partial charge in [-0.05, 0) is 128 Å². The second kappa shape index (κ2) is 15.7. The first-order chi connectivity index (χ1) is 21.3. The summed E-state index contributed by atoms with van der Waals surface area (Å²) in [5.41, 5.74) is 8.80. The van der Waals surface area contributed by atoms with Crippen molar-refractivity contribution in [2.24, 2.45) is 17.1 Å². The number of aromatic nitrogens is 2. The van der Waals surface area contributed by atoms with E-state index in [1.165, 1.54) is 31.5 Å². The lowest BCUT2D eigenvalue weighted by Gasteiger charge is -2.39. The molecule has 5 rings (SSSR count). The van der Waals surface area contributed by atoms with Gasteiger partial charge >= 0.3 is 5.97 Å². The van der Waals surface area contributed by atoms with Gasteiger partial charge in [0, 0.05) is 28.2 Å². The molecule has 1 aromatic heterocycles. The molecule has 2 aromatic carbocycles. The summed E-state index contributed by atoms with van der Waals surface area (Å²) in [6.45, 7) is 16.0. The molecule has 45 heavy (non-hydrogen) atoms. The van der Waals surface area contributed by atoms with Gasteiger partial charge in [-0.25, -0.2) is 0 Å². The maximum absolute atomic E-state index is 12.2. The fraction of sp³-hybridized carbons (Fsp3) is 0.583. The number of halogens is 1. The van der Waals surface area contributed by atoms with E-state index in [9.17, 15) is 9.90 Å². The summed E-state index contributed by atoms with van der Waals surface area (Å²) in [5.74, 6) is 0.907. The van der Waals surface area contributed by atoms with E-state index in [1.54, 1.807) is 0 Å². The summed E-state index contributed by atoms with van der Waals surface area (Å²) in [5, 5.41) is 15.0. The molecule has 3 heterocycles. The lowest BCUT2D eigenvalue weighted by Crippen LogP contribution is -2.44. The Morgan fingerprint density at radius 2 is 1.64 bits per heavy atom. The monoisotopic (exact) mass is 637 g/mol. The van der Waals surface area contributed by atoms with E-state index in [4.69, 9.17) is 21.9 Å². The minimum Gasteiger partial charge on any atom is -0.481 e. The van der Waals surface area contributed by atoms with Crippen LogP contribution in [0.4, 0.5) is 0 Å². The van der Waals surface area contributed by atoms with Crippen LogP contribution in [0.3, 0.4) is 0 Å². The third kappa shape index (κ3) is 10.6. The molecule has 2 aliphatic rings. The number of hydrogen-bond donors (Lipinski definition) is 2. The van der Waals surface area contributed by atoms with Gasteiger partial charge in [0.2, 0.25) is 5.82 Å². The van der Waals surface area contributed by atoms with Gasteiger partial charge in [-0.2, -0.15) is 4.98 Å². The fourth-order valence-electron chi connectivity index (χ4n) is 6.12. The molecule has 0 saturated carbocycles. The van der Waals surface area contributed by atoms with Gasteiger partial charge in [-0.3, -0.25) is 9.69 Å². The number of carboxylic acid groups (broad SMARTS) is 1. The molecule has 0 radical (unpaired) electrons. The number of hydrogen-bond acceptors (Lipinski definition) is 7. The third-order valence-corrected chi connectivity index (χ3v) is 8.92. The van der Waals surface area contributed by atoms with Gasteiger partial charge in [0.25, 0.3) is 5.89 Å². The Labute approximate surface area is 274 Å². The summed E-state index contributed by atoms with van der Waals surface area (Å²) >= 11 is 6.50. The van der Waals surface area contributed by atoms with Crippen LogP contribution in [0.25, 0.3) is 22.8 Å². The molecule has 9 heteroatoms. The van der Waals surface area contributed by atoms with Crippen LogP contribution in [0, 0.1) is 11.3 Å². The molecule has 2 fully saturated rings. The number of benzene rings is 2. The van der Waals surface area contributed by atoms with Gasteiger partial charge in [-0.15, -0.1) is 0 Å². The molecule has 3 aromatic rings. The van der Waals surface area contributed by atoms with Crippen LogP contribution in [0.1, 0.15) is 84.3 Å². The average Bonchev–Trinajstić information content (AvgIpc) is 3.67. The second-order valence-corrected chi connectivity index (χ2v) is 14.8. The van der Waals surface area contributed by atoms with Crippen LogP contribution >= 0.6 is 11.6 Å². The Morgan fingerprint density at radius 1 is 1.02 bits per heavy atom. The van der Waals surface area contributed by atoms with Gasteiger partial charge in [0.1, 0.15) is 0 Å². The van der Waals surface area contributed by atoms with Crippen molar-refractivity contribution < 1.29 is 14.4 Å². The molecule has 0 atom stereocenters. The predicted molar refractivity (Wildman–Crippen MR) is 182 cm³/mol. The lowest BCUT2D eigenvalue weighted by molar-refractivity contribution is -0.152. The number of piperidine rings is 1. The molecular formula is C36H52ClN5O3. The highest BCUT2D eigenvalue weighted by Crippen LogP contribution is 2.37. The average molecular weight is 638 g/mol. The smallest absolute Gasteiger partial charge is 0.309 e. The maximum Gasteiger partial charge on any atom is 0.309 e. The van der Waals surface area contributed by atoms with Gasteiger partial charge in [-0.1, -0.05) is 60.9 Å². The van der Waals surface area contributed by atoms with Gasteiger partial charge in [0.05, 0.1) is 5.41 Å². The van der Waals surface area contributed by atoms with Crippen LogP contribution in [0.5, 0.6) is 0 Å². The standard InChI is InChI=1S/C32H41ClN4O3.C4H11N/c1-23(2)20-26-10-11-27(21-28(26)33)30-34-29(35-40-30)25-8-6-24(7-9-25)22-37-18-13-32(14-19-37,31(38)39)12-5-17-36-15-3-4-16-36;1-4(2,3)5/h6-11,21,23H,3-5,12-20,22H2,1-2H3,(H,38,39);5H2,1-3H3. The summed E-state index contributed by atoms with van der Waals surface area (Å²) < 4.78 is 5.55. The Balaban J connectivity index is 0.000000854. The van der Waals surface area contributed by atoms with Crippen molar-refractivity contribution in [3.8, 4) is 22.8 Å². The SMILES string of the molecule is CC(C)(C)N.CC(C)Cc1ccc(-c2nc(-c3ccc(CN4CCC(CCCN5CCCC5)(C(=O)O)CC4)cc3)no2)cc1Cl. The van der Waals surface area contributed by atoms with Gasteiger partial charge in [0.15, 0.2) is 0 Å². The number of nitrogens with zero attached hydrogens (tertiary/aromatic N) is 4. The lowest BCUT2D eigenvalue weighted by atomic mass is 9.74. The highest BCUT2D eigenvalue weighted by molar-refractivity contribution is 6.31. The highest BCUT2D eigenvalue weighted by Gasteiger charge is 2.41. The largest absolute Gasteiger partial charge is 0.481 e. The minimum atomic E-state index is -0.619. The molecule has 0 amide bonds. The molecule has 8 nitrogen and oxygen atoms in total. The Bertz CT molecular complexity index is 1360. The van der Waals surface area contributed by atoms with Crippen molar-refractivity contribution in [2.75, 3.05) is 32.7 Å². The van der Waals surface area contributed by atoms with Crippen LogP contribution < -0.4 is 5.73 Å². The first-order valence-corrected chi connectivity index (χ1v) is 16.9. The highest BCUT2D eigenvalue weighted by atomic mass is 35.5. The molecule has 2 saturated heterocycles. The Kier molecular flexibility index (Phi) is 12.2. The number of carbonyl (C=O) groups is 1. The van der Waals surface area contributed by atoms with E-state index in [2.05, 4.69) is 45.9 Å². The molecule has 246 valence electrons. The zero-order chi connectivity index (χ0) is 32.6. The van der Waals surface area contributed by atoms with Crippen molar-refractivity contribution in [3.63, 3.8) is 0 Å². The maximum atomic E-state index is 12.2. The van der Waals surface area contributed by atoms with Crippen LogP contribution in [0.2, 0.25) is 5.02 Å². The van der Waals surface area contributed by atoms with Crippen molar-refractivity contribution in [3.05, 3.63) is 58.6 Å². The van der Waals surface area contributed by atoms with Gasteiger partial charge < -0.3 is 20.3 Å². The van der Waals surface area contributed by atoms with E-state index < -0.39 is 11.4 Å². The topological polar surface area (TPSA) is 109 Å². The van der Waals surface area contributed by atoms with Crippen LogP contribution in [-0.2, 0) is 17.8 Å². The van der Waals surface area contributed by atoms with Crippen LogP contribution in [-0.4, -0.2) is 69.3 Å². The van der Waals surface area contributed by atoms with Crippen molar-refractivity contribution in [2.45, 2.75) is 91.6 Å². The van der Waals surface area contributed by atoms with Crippen molar-refractivity contribution >= 4 is 17.6 Å². The molecular weight excluding hydrogens is 586 g/mol. The number of carboxylic acids is 1. The summed E-state index contributed by atoms with van der Waals surface area (Å²) in [6, 6.07) is 14.1. The Hall–Kier alpha value is -2.78. The molecule has 0 aliphatic carbocycles. The fourth-order valence-corrected chi connectivity index (χ4v) is 6.38.